The maximum atomic E-state index is 12.9. The van der Waals surface area contributed by atoms with E-state index in [0.717, 1.165) is 41.0 Å². The lowest BCUT2D eigenvalue weighted by Crippen LogP contribution is -2.43. The monoisotopic (exact) mass is 338 g/mol. The van der Waals surface area contributed by atoms with E-state index in [4.69, 9.17) is 0 Å². The Morgan fingerprint density at radius 1 is 1.21 bits per heavy atom. The number of nitrogens with zero attached hydrogens (tertiary/aromatic N) is 4. The van der Waals surface area contributed by atoms with Crippen molar-refractivity contribution in [2.45, 2.75) is 23.0 Å². The lowest BCUT2D eigenvalue weighted by molar-refractivity contribution is -0.119. The van der Waals surface area contributed by atoms with E-state index in [1.807, 2.05) is 54.7 Å². The Bertz CT molecular complexity index is 886. The minimum absolute atomic E-state index is 0.0773. The summed E-state index contributed by atoms with van der Waals surface area (Å²) in [6.45, 7) is 0.740. The number of fused-ring (bicyclic) bond motifs is 1. The molecule has 5 nitrogen and oxygen atoms in total. The van der Waals surface area contributed by atoms with Crippen LogP contribution in [-0.2, 0) is 11.8 Å². The largest absolute Gasteiger partial charge is 0.294 e. The van der Waals surface area contributed by atoms with Gasteiger partial charge in [0.25, 0.3) is 0 Å². The number of rotatable bonds is 3. The van der Waals surface area contributed by atoms with Crippen LogP contribution in [0.15, 0.2) is 53.7 Å². The van der Waals surface area contributed by atoms with E-state index < -0.39 is 0 Å². The van der Waals surface area contributed by atoms with Crippen LogP contribution in [-0.4, -0.2) is 32.5 Å². The van der Waals surface area contributed by atoms with E-state index >= 15 is 0 Å². The normalized spacial score (nSPS) is 18.3. The van der Waals surface area contributed by atoms with Gasteiger partial charge in [-0.25, -0.2) is 0 Å². The average Bonchev–Trinajstić information content (AvgIpc) is 3.03. The molecule has 6 heteroatoms. The number of anilines is 1. The number of piperidine rings is 1. The van der Waals surface area contributed by atoms with E-state index in [-0.39, 0.29) is 11.2 Å². The molecule has 1 aliphatic heterocycles. The predicted molar refractivity (Wildman–Crippen MR) is 96.2 cm³/mol. The molecule has 2 aromatic heterocycles. The zero-order valence-corrected chi connectivity index (χ0v) is 14.2. The Labute approximate surface area is 144 Å². The molecule has 0 aliphatic carbocycles. The van der Waals surface area contributed by atoms with E-state index in [2.05, 4.69) is 16.1 Å². The van der Waals surface area contributed by atoms with Crippen molar-refractivity contribution >= 4 is 34.4 Å². The zero-order chi connectivity index (χ0) is 16.5. The van der Waals surface area contributed by atoms with Crippen molar-refractivity contribution in [3.05, 3.63) is 48.8 Å². The summed E-state index contributed by atoms with van der Waals surface area (Å²) in [5, 5.41) is 5.41. The Balaban J connectivity index is 1.60. The van der Waals surface area contributed by atoms with E-state index in [9.17, 15) is 4.79 Å². The summed E-state index contributed by atoms with van der Waals surface area (Å²) < 4.78 is 1.73. The molecule has 0 N–H and O–H groups in total. The molecule has 3 aromatic rings. The SMILES string of the molecule is Cn1ccc(N2CCC[C@H](Sc3ccnc4ccccc34)C2=O)n1. The number of thioether (sulfide) groups is 1. The van der Waals surface area contributed by atoms with E-state index in [1.54, 1.807) is 16.4 Å². The van der Waals surface area contributed by atoms with Crippen molar-refractivity contribution in [2.24, 2.45) is 7.05 Å². The summed E-state index contributed by atoms with van der Waals surface area (Å²) in [5.41, 5.74) is 0.965. The number of pyridine rings is 1. The zero-order valence-electron chi connectivity index (χ0n) is 13.4. The number of benzene rings is 1. The van der Waals surface area contributed by atoms with Gasteiger partial charge in [0.1, 0.15) is 0 Å². The summed E-state index contributed by atoms with van der Waals surface area (Å²) in [6, 6.07) is 12.0. The molecule has 0 saturated carbocycles. The van der Waals surface area contributed by atoms with Crippen LogP contribution >= 0.6 is 11.8 Å². The fraction of sp³-hybridized carbons (Fsp3) is 0.278. The van der Waals surface area contributed by atoms with Crippen LogP contribution in [0.3, 0.4) is 0 Å². The van der Waals surface area contributed by atoms with Gasteiger partial charge in [0, 0.05) is 42.3 Å². The van der Waals surface area contributed by atoms with Crippen LogP contribution in [0.1, 0.15) is 12.8 Å². The molecule has 0 radical (unpaired) electrons. The number of hydrogen-bond donors (Lipinski definition) is 0. The first kappa shape index (κ1) is 15.2. The minimum atomic E-state index is -0.0773. The summed E-state index contributed by atoms with van der Waals surface area (Å²) in [4.78, 5) is 20.2. The minimum Gasteiger partial charge on any atom is -0.294 e. The van der Waals surface area contributed by atoms with Gasteiger partial charge in [0.2, 0.25) is 5.91 Å². The smallest absolute Gasteiger partial charge is 0.241 e. The molecule has 1 atom stereocenters. The molecule has 3 heterocycles. The van der Waals surface area contributed by atoms with Crippen molar-refractivity contribution in [1.29, 1.82) is 0 Å². The van der Waals surface area contributed by atoms with Crippen molar-refractivity contribution < 1.29 is 4.79 Å². The topological polar surface area (TPSA) is 51.0 Å². The quantitative estimate of drug-likeness (QED) is 0.735. The van der Waals surface area contributed by atoms with Gasteiger partial charge in [-0.05, 0) is 25.0 Å². The molecule has 0 unspecified atom stereocenters. The second kappa shape index (κ2) is 6.28. The Morgan fingerprint density at radius 3 is 2.92 bits per heavy atom. The lowest BCUT2D eigenvalue weighted by Gasteiger charge is -2.30. The number of carbonyl (C=O) groups excluding carboxylic acids is 1. The molecule has 1 fully saturated rings. The van der Waals surface area contributed by atoms with Crippen molar-refractivity contribution in [1.82, 2.24) is 14.8 Å². The maximum absolute atomic E-state index is 12.9. The number of amides is 1. The van der Waals surface area contributed by atoms with E-state index in [0.29, 0.717) is 0 Å². The van der Waals surface area contributed by atoms with Crippen LogP contribution in [0, 0.1) is 0 Å². The van der Waals surface area contributed by atoms with Gasteiger partial charge in [-0.15, -0.1) is 11.8 Å². The van der Waals surface area contributed by atoms with Gasteiger partial charge in [0.15, 0.2) is 5.82 Å². The second-order valence-corrected chi connectivity index (χ2v) is 7.16. The van der Waals surface area contributed by atoms with Crippen LogP contribution in [0.5, 0.6) is 0 Å². The third kappa shape index (κ3) is 2.78. The average molecular weight is 338 g/mol. The fourth-order valence-electron chi connectivity index (χ4n) is 3.05. The molecule has 24 heavy (non-hydrogen) atoms. The first-order chi connectivity index (χ1) is 11.7. The van der Waals surface area contributed by atoms with Crippen LogP contribution in [0.4, 0.5) is 5.82 Å². The third-order valence-corrected chi connectivity index (χ3v) is 5.58. The summed E-state index contributed by atoms with van der Waals surface area (Å²) >= 11 is 1.64. The molecule has 1 aliphatic rings. The highest BCUT2D eigenvalue weighted by atomic mass is 32.2. The third-order valence-electron chi connectivity index (χ3n) is 4.24. The second-order valence-electron chi connectivity index (χ2n) is 5.91. The number of carbonyl (C=O) groups is 1. The number of hydrogen-bond acceptors (Lipinski definition) is 4. The van der Waals surface area contributed by atoms with Crippen LogP contribution in [0.25, 0.3) is 10.9 Å². The molecule has 1 saturated heterocycles. The standard InChI is InChI=1S/C18H18N4OS/c1-21-12-9-17(20-21)22-11-4-7-16(18(22)23)24-15-8-10-19-14-6-3-2-5-13(14)15/h2-3,5-6,8-10,12,16H,4,7,11H2,1H3/t16-/m0/s1. The summed E-state index contributed by atoms with van der Waals surface area (Å²) in [6.07, 6.45) is 5.57. The van der Waals surface area contributed by atoms with Gasteiger partial charge < -0.3 is 0 Å². The Morgan fingerprint density at radius 2 is 2.08 bits per heavy atom. The molecule has 0 spiro atoms. The number of aryl methyl sites for hydroxylation is 1. The van der Waals surface area contributed by atoms with Crippen molar-refractivity contribution in [2.75, 3.05) is 11.4 Å². The van der Waals surface area contributed by atoms with Gasteiger partial charge in [-0.1, -0.05) is 18.2 Å². The molecular weight excluding hydrogens is 320 g/mol. The van der Waals surface area contributed by atoms with Crippen LogP contribution in [0.2, 0.25) is 0 Å². The first-order valence-electron chi connectivity index (χ1n) is 8.04. The Kier molecular flexibility index (Phi) is 3.98. The highest BCUT2D eigenvalue weighted by molar-refractivity contribution is 8.00. The molecule has 0 bridgehead atoms. The van der Waals surface area contributed by atoms with Gasteiger partial charge in [-0.2, -0.15) is 5.10 Å². The fourth-order valence-corrected chi connectivity index (χ4v) is 4.31. The predicted octanol–water partition coefficient (Wildman–Crippen LogP) is 3.26. The first-order valence-corrected chi connectivity index (χ1v) is 8.92. The molecule has 1 amide bonds. The number of para-hydroxylation sites is 1. The summed E-state index contributed by atoms with van der Waals surface area (Å²) in [5.74, 6) is 0.887. The highest BCUT2D eigenvalue weighted by Gasteiger charge is 2.31. The molecule has 122 valence electrons. The van der Waals surface area contributed by atoms with E-state index in [1.165, 1.54) is 0 Å². The Hall–Kier alpha value is -2.34. The van der Waals surface area contributed by atoms with Gasteiger partial charge >= 0.3 is 0 Å². The van der Waals surface area contributed by atoms with Crippen molar-refractivity contribution in [3.8, 4) is 0 Å². The van der Waals surface area contributed by atoms with Gasteiger partial charge in [0.05, 0.1) is 10.8 Å². The molecule has 4 rings (SSSR count). The van der Waals surface area contributed by atoms with Crippen LogP contribution < -0.4 is 4.90 Å². The highest BCUT2D eigenvalue weighted by Crippen LogP contribution is 2.35. The number of aromatic nitrogens is 3. The molecule has 1 aromatic carbocycles. The van der Waals surface area contributed by atoms with Gasteiger partial charge in [-0.3, -0.25) is 19.4 Å². The maximum Gasteiger partial charge on any atom is 0.241 e. The lowest BCUT2D eigenvalue weighted by atomic mass is 10.1. The summed E-state index contributed by atoms with van der Waals surface area (Å²) in [7, 11) is 1.87. The van der Waals surface area contributed by atoms with Crippen molar-refractivity contribution in [3.63, 3.8) is 0 Å². The molecular formula is C18H18N4OS.